The van der Waals surface area contributed by atoms with Gasteiger partial charge in [-0.2, -0.15) is 13.2 Å². The molecule has 184 valence electrons. The summed E-state index contributed by atoms with van der Waals surface area (Å²) in [6, 6.07) is 5.38. The minimum atomic E-state index is -4.55. The number of hydrogen-bond donors (Lipinski definition) is 2. The van der Waals surface area contributed by atoms with E-state index in [1.54, 1.807) is 13.8 Å². The number of hydrogen-bond acceptors (Lipinski definition) is 7. The number of aromatic nitrogens is 2. The number of nitrogens with two attached hydrogens (primary N) is 2. The molecule has 3 heterocycles. The third-order valence-electron chi connectivity index (χ3n) is 6.29. The Kier molecular flexibility index (Phi) is 5.51. The van der Waals surface area contributed by atoms with E-state index in [2.05, 4.69) is 9.97 Å². The van der Waals surface area contributed by atoms with Gasteiger partial charge < -0.3 is 25.4 Å². The summed E-state index contributed by atoms with van der Waals surface area (Å²) in [6.07, 6.45) is -4.12. The molecule has 1 saturated heterocycles. The van der Waals surface area contributed by atoms with Crippen molar-refractivity contribution in [3.05, 3.63) is 52.5 Å². The standard InChI is InChI=1S/C25H25F3N4O3/c1-11-6-18-21-20(24(30)32-13(3)31-21)19(23(22(18)34-11)35-17-4-5-33-10-17)12(2)14-7-15(25(26,27)28)9-16(29)8-14/h6-9,12,17H,4-5,10,29H2,1-3H3,(H2,30,31,32)/t12-,17+/m1/s1. The summed E-state index contributed by atoms with van der Waals surface area (Å²) in [4.78, 5) is 8.98. The average Bonchev–Trinajstić information content (AvgIpc) is 3.42. The van der Waals surface area contributed by atoms with Crippen LogP contribution in [0.4, 0.5) is 24.7 Å². The molecule has 10 heteroatoms. The van der Waals surface area contributed by atoms with Gasteiger partial charge in [0.2, 0.25) is 0 Å². The number of nitrogen functional groups attached to an aromatic ring is 2. The van der Waals surface area contributed by atoms with Crippen molar-refractivity contribution >= 4 is 33.4 Å². The Bertz CT molecular complexity index is 1440. The second-order valence-corrected chi connectivity index (χ2v) is 8.93. The first-order valence-electron chi connectivity index (χ1n) is 11.2. The van der Waals surface area contributed by atoms with Crippen molar-refractivity contribution in [2.24, 2.45) is 0 Å². The first-order chi connectivity index (χ1) is 16.5. The predicted molar refractivity (Wildman–Crippen MR) is 126 cm³/mol. The number of ether oxygens (including phenoxy) is 2. The van der Waals surface area contributed by atoms with Gasteiger partial charge in [0, 0.05) is 23.6 Å². The molecule has 1 aliphatic heterocycles. The molecule has 5 rings (SSSR count). The van der Waals surface area contributed by atoms with E-state index in [4.69, 9.17) is 25.4 Å². The first kappa shape index (κ1) is 23.2. The zero-order valence-corrected chi connectivity index (χ0v) is 19.5. The van der Waals surface area contributed by atoms with Gasteiger partial charge in [0.15, 0.2) is 11.3 Å². The van der Waals surface area contributed by atoms with E-state index >= 15 is 0 Å². The Morgan fingerprint density at radius 3 is 2.57 bits per heavy atom. The zero-order valence-electron chi connectivity index (χ0n) is 19.5. The maximum absolute atomic E-state index is 13.6. The molecule has 0 amide bonds. The fourth-order valence-corrected chi connectivity index (χ4v) is 4.71. The van der Waals surface area contributed by atoms with Crippen LogP contribution in [0.3, 0.4) is 0 Å². The van der Waals surface area contributed by atoms with Crippen LogP contribution in [0.25, 0.3) is 21.9 Å². The highest BCUT2D eigenvalue weighted by Gasteiger charge is 2.33. The maximum atomic E-state index is 13.6. The highest BCUT2D eigenvalue weighted by molar-refractivity contribution is 6.12. The molecule has 4 N–H and O–H groups in total. The topological polar surface area (TPSA) is 109 Å². The summed E-state index contributed by atoms with van der Waals surface area (Å²) in [7, 11) is 0. The second kappa shape index (κ2) is 8.30. The number of fused-ring (bicyclic) bond motifs is 3. The van der Waals surface area contributed by atoms with Crippen molar-refractivity contribution in [3.63, 3.8) is 0 Å². The fraction of sp³-hybridized carbons (Fsp3) is 0.360. The van der Waals surface area contributed by atoms with E-state index in [1.165, 1.54) is 6.07 Å². The summed E-state index contributed by atoms with van der Waals surface area (Å²) in [5.74, 6) is 1.11. The number of furan rings is 1. The van der Waals surface area contributed by atoms with Crippen LogP contribution < -0.4 is 16.2 Å². The molecule has 0 aliphatic carbocycles. The summed E-state index contributed by atoms with van der Waals surface area (Å²) >= 11 is 0. The van der Waals surface area contributed by atoms with Gasteiger partial charge >= 0.3 is 6.18 Å². The maximum Gasteiger partial charge on any atom is 0.416 e. The summed E-state index contributed by atoms with van der Waals surface area (Å²) in [5.41, 5.74) is 13.4. The number of benzene rings is 2. The number of rotatable bonds is 4. The van der Waals surface area contributed by atoms with Crippen LogP contribution in [0, 0.1) is 13.8 Å². The lowest BCUT2D eigenvalue weighted by Crippen LogP contribution is -2.18. The van der Waals surface area contributed by atoms with Gasteiger partial charge in [0.05, 0.1) is 35.1 Å². The second-order valence-electron chi connectivity index (χ2n) is 8.93. The molecule has 0 unspecified atom stereocenters. The van der Waals surface area contributed by atoms with Crippen LogP contribution >= 0.6 is 0 Å². The van der Waals surface area contributed by atoms with Crippen molar-refractivity contribution in [3.8, 4) is 5.75 Å². The smallest absolute Gasteiger partial charge is 0.416 e. The normalized spacial score (nSPS) is 17.4. The third kappa shape index (κ3) is 4.12. The minimum Gasteiger partial charge on any atom is -0.484 e. The van der Waals surface area contributed by atoms with Gasteiger partial charge in [-0.3, -0.25) is 0 Å². The molecule has 1 aliphatic rings. The Balaban J connectivity index is 1.84. The molecule has 2 aromatic heterocycles. The molecule has 35 heavy (non-hydrogen) atoms. The van der Waals surface area contributed by atoms with E-state index in [9.17, 15) is 13.2 Å². The SMILES string of the molecule is Cc1nc(N)c2c([C@H](C)c3cc(N)cc(C(F)(F)F)c3)c(O[C@H]3CCOC3)c3oc(C)cc3c2n1. The average molecular weight is 486 g/mol. The minimum absolute atomic E-state index is 0.00706. The van der Waals surface area contributed by atoms with Gasteiger partial charge in [0.1, 0.15) is 23.5 Å². The molecular formula is C25H25F3N4O3. The lowest BCUT2D eigenvalue weighted by atomic mass is 9.87. The number of aryl methyl sites for hydroxylation is 2. The molecule has 0 bridgehead atoms. The zero-order chi connectivity index (χ0) is 25.1. The quantitative estimate of drug-likeness (QED) is 0.367. The van der Waals surface area contributed by atoms with Gasteiger partial charge in [-0.15, -0.1) is 0 Å². The monoisotopic (exact) mass is 486 g/mol. The Morgan fingerprint density at radius 1 is 1.11 bits per heavy atom. The fourth-order valence-electron chi connectivity index (χ4n) is 4.71. The molecule has 1 fully saturated rings. The lowest BCUT2D eigenvalue weighted by molar-refractivity contribution is -0.137. The van der Waals surface area contributed by atoms with E-state index in [1.807, 2.05) is 13.0 Å². The molecule has 0 saturated carbocycles. The number of anilines is 2. The van der Waals surface area contributed by atoms with Crippen LogP contribution in [0.5, 0.6) is 5.75 Å². The predicted octanol–water partition coefficient (Wildman–Crippen LogP) is 5.50. The molecule has 0 spiro atoms. The molecule has 7 nitrogen and oxygen atoms in total. The van der Waals surface area contributed by atoms with Crippen LogP contribution in [0.1, 0.15) is 47.5 Å². The Morgan fingerprint density at radius 2 is 1.89 bits per heavy atom. The van der Waals surface area contributed by atoms with Crippen LogP contribution in [0.2, 0.25) is 0 Å². The van der Waals surface area contributed by atoms with Crippen LogP contribution in [0.15, 0.2) is 28.7 Å². The van der Waals surface area contributed by atoms with Crippen LogP contribution in [-0.4, -0.2) is 29.3 Å². The molecule has 2 aromatic carbocycles. The van der Waals surface area contributed by atoms with Crippen molar-refractivity contribution in [2.75, 3.05) is 24.7 Å². The van der Waals surface area contributed by atoms with E-state index in [-0.39, 0.29) is 17.6 Å². The highest BCUT2D eigenvalue weighted by atomic mass is 19.4. The van der Waals surface area contributed by atoms with Gasteiger partial charge in [-0.25, -0.2) is 9.97 Å². The number of alkyl halides is 3. The lowest BCUT2D eigenvalue weighted by Gasteiger charge is -2.23. The summed E-state index contributed by atoms with van der Waals surface area (Å²) < 4.78 is 58.7. The van der Waals surface area contributed by atoms with Gasteiger partial charge in [0.25, 0.3) is 0 Å². The molecular weight excluding hydrogens is 461 g/mol. The van der Waals surface area contributed by atoms with Gasteiger partial charge in [-0.1, -0.05) is 6.92 Å². The largest absolute Gasteiger partial charge is 0.484 e. The summed E-state index contributed by atoms with van der Waals surface area (Å²) in [6.45, 7) is 6.26. The first-order valence-corrected chi connectivity index (χ1v) is 11.2. The molecule has 4 aromatic rings. The van der Waals surface area contributed by atoms with E-state index < -0.39 is 17.7 Å². The van der Waals surface area contributed by atoms with Crippen molar-refractivity contribution < 1.29 is 27.1 Å². The van der Waals surface area contributed by atoms with Gasteiger partial charge in [-0.05, 0) is 43.7 Å². The third-order valence-corrected chi connectivity index (χ3v) is 6.29. The molecule has 0 radical (unpaired) electrons. The van der Waals surface area contributed by atoms with E-state index in [0.717, 1.165) is 12.1 Å². The molecule has 2 atom stereocenters. The Labute approximate surface area is 199 Å². The number of nitrogens with zero attached hydrogens (tertiary/aromatic N) is 2. The van der Waals surface area contributed by atoms with Crippen LogP contribution in [-0.2, 0) is 10.9 Å². The Hall–Kier alpha value is -3.53. The highest BCUT2D eigenvalue weighted by Crippen LogP contribution is 2.47. The number of halogens is 3. The van der Waals surface area contributed by atoms with Crippen molar-refractivity contribution in [1.82, 2.24) is 9.97 Å². The van der Waals surface area contributed by atoms with Crippen molar-refractivity contribution in [1.29, 1.82) is 0 Å². The van der Waals surface area contributed by atoms with E-state index in [0.29, 0.717) is 70.0 Å². The summed E-state index contributed by atoms with van der Waals surface area (Å²) in [5, 5.41) is 1.21. The van der Waals surface area contributed by atoms with Crippen molar-refractivity contribution in [2.45, 2.75) is 45.4 Å².